The number of hydrogen-bond donors (Lipinski definition) is 0. The van der Waals surface area contributed by atoms with E-state index in [0.717, 1.165) is 5.75 Å². The quantitative estimate of drug-likeness (QED) is 0.600. The summed E-state index contributed by atoms with van der Waals surface area (Å²) in [5.41, 5.74) is 0.714. The molecular weight excluding hydrogens is 139 g/mol. The second-order valence-corrected chi connectivity index (χ2v) is 2.28. The molecule has 0 N–H and O–H groups in total. The van der Waals surface area contributed by atoms with Crippen molar-refractivity contribution < 1.29 is 9.53 Å². The monoisotopic (exact) mass is 149 g/mol. The Balaban J connectivity index is 2.91. The molecular formula is C9H10O2. The molecule has 1 rings (SSSR count). The van der Waals surface area contributed by atoms with Crippen molar-refractivity contribution in [2.24, 2.45) is 0 Å². The highest BCUT2D eigenvalue weighted by molar-refractivity contribution is 5.94. The Morgan fingerprint density at radius 1 is 1.27 bits per heavy atom. The van der Waals surface area contributed by atoms with Gasteiger partial charge in [-0.25, -0.2) is 0 Å². The second-order valence-electron chi connectivity index (χ2n) is 2.28. The largest absolute Gasteiger partial charge is 0.497 e. The zero-order valence-corrected chi connectivity index (χ0v) is 6.63. The highest BCUT2D eigenvalue weighted by Crippen LogP contribution is 2.11. The Labute approximate surface area is 65.8 Å². The average Bonchev–Trinajstić information content (AvgIpc) is 2.05. The molecule has 0 heterocycles. The fourth-order valence-corrected chi connectivity index (χ4v) is 0.826. The van der Waals surface area contributed by atoms with Crippen LogP contribution in [0.25, 0.3) is 0 Å². The number of carbonyl (C=O) groups excluding carboxylic acids is 1. The molecule has 1 aromatic carbocycles. The molecule has 0 saturated carbocycles. The second kappa shape index (κ2) is 3.19. The van der Waals surface area contributed by atoms with Crippen molar-refractivity contribution in [2.45, 2.75) is 6.92 Å². The molecule has 0 aliphatic carbocycles. The van der Waals surface area contributed by atoms with Gasteiger partial charge in [0.25, 0.3) is 0 Å². The summed E-state index contributed by atoms with van der Waals surface area (Å²) in [5, 5.41) is 0. The Bertz CT molecular complexity index is 249. The van der Waals surface area contributed by atoms with Crippen molar-refractivity contribution in [2.75, 3.05) is 7.11 Å². The number of benzene rings is 1. The number of rotatable bonds is 2. The Morgan fingerprint density at radius 2 is 1.82 bits per heavy atom. The molecule has 0 aliphatic heterocycles. The molecule has 0 bridgehead atoms. The van der Waals surface area contributed by atoms with Gasteiger partial charge in [0.15, 0.2) is 5.78 Å². The Hall–Kier alpha value is -1.31. The molecule has 0 radical (unpaired) electrons. The fourth-order valence-electron chi connectivity index (χ4n) is 0.826. The molecule has 0 unspecified atom stereocenters. The maximum atomic E-state index is 10.8. The summed E-state index contributed by atoms with van der Waals surface area (Å²) in [6, 6.07) is 7.05. The summed E-state index contributed by atoms with van der Waals surface area (Å²) in [4.78, 5) is 10.8. The van der Waals surface area contributed by atoms with Crippen LogP contribution in [0.2, 0.25) is 0 Å². The Morgan fingerprint density at radius 3 is 2.18 bits per heavy atom. The van der Waals surface area contributed by atoms with Crippen LogP contribution in [0.5, 0.6) is 5.75 Å². The van der Waals surface area contributed by atoms with E-state index in [2.05, 4.69) is 0 Å². The van der Waals surface area contributed by atoms with Crippen molar-refractivity contribution in [3.05, 3.63) is 29.8 Å². The van der Waals surface area contributed by atoms with Gasteiger partial charge in [0, 0.05) is 5.56 Å². The van der Waals surface area contributed by atoms with Crippen molar-refractivity contribution in [1.29, 1.82) is 0 Å². The maximum Gasteiger partial charge on any atom is 0.159 e. The lowest BCUT2D eigenvalue weighted by Crippen LogP contribution is -1.91. The third-order valence-corrected chi connectivity index (χ3v) is 1.50. The van der Waals surface area contributed by atoms with Crippen molar-refractivity contribution in [1.82, 2.24) is 0 Å². The number of Topliss-reactive ketones (excluding diaryl/α,β-unsaturated/α-hetero) is 1. The van der Waals surface area contributed by atoms with E-state index in [0.29, 0.717) is 5.56 Å². The summed E-state index contributed by atoms with van der Waals surface area (Å²) >= 11 is 0. The fraction of sp³-hybridized carbons (Fsp3) is 0.222. The summed E-state index contributed by atoms with van der Waals surface area (Å²) in [6.45, 7) is 1.54. The third-order valence-electron chi connectivity index (χ3n) is 1.50. The van der Waals surface area contributed by atoms with Crippen LogP contribution in [0, 0.1) is 0 Å². The smallest absolute Gasteiger partial charge is 0.159 e. The highest BCUT2D eigenvalue weighted by atomic mass is 16.5. The highest BCUT2D eigenvalue weighted by Gasteiger charge is 1.97. The van der Waals surface area contributed by atoms with Crippen LogP contribution in [0.4, 0.5) is 0 Å². The van der Waals surface area contributed by atoms with E-state index in [1.807, 2.05) is 0 Å². The molecule has 2 heteroatoms. The number of ether oxygens (including phenoxy) is 1. The lowest BCUT2D eigenvalue weighted by atomic mass is 10.0. The first-order valence-electron chi connectivity index (χ1n) is 3.39. The normalized spacial score (nSPS) is 9.27. The van der Waals surface area contributed by atoms with E-state index in [1.54, 1.807) is 38.3 Å². The van der Waals surface area contributed by atoms with Gasteiger partial charge in [-0.05, 0) is 31.2 Å². The van der Waals surface area contributed by atoms with E-state index in [4.69, 9.17) is 4.74 Å². The minimum atomic E-state index is 0.0765. The predicted molar refractivity (Wildman–Crippen MR) is 43.0 cm³/mol. The van der Waals surface area contributed by atoms with Crippen molar-refractivity contribution in [3.8, 4) is 5.75 Å². The van der Waals surface area contributed by atoms with Gasteiger partial charge in [0.05, 0.1) is 7.11 Å². The van der Waals surface area contributed by atoms with Crippen LogP contribution >= 0.6 is 0 Å². The van der Waals surface area contributed by atoms with Crippen LogP contribution in [0.15, 0.2) is 24.3 Å². The van der Waals surface area contributed by atoms with Gasteiger partial charge in [-0.15, -0.1) is 0 Å². The van der Waals surface area contributed by atoms with Gasteiger partial charge < -0.3 is 4.74 Å². The van der Waals surface area contributed by atoms with Crippen molar-refractivity contribution in [3.63, 3.8) is 0 Å². The molecule has 0 atom stereocenters. The van der Waals surface area contributed by atoms with E-state index in [1.165, 1.54) is 0 Å². The van der Waals surface area contributed by atoms with Crippen LogP contribution in [0.1, 0.15) is 17.3 Å². The SMILES string of the molecule is COc1ccc(C([11CH3])=O)cc1. The molecule has 0 spiro atoms. The lowest BCUT2D eigenvalue weighted by molar-refractivity contribution is 0.101. The summed E-state index contributed by atoms with van der Waals surface area (Å²) in [7, 11) is 1.60. The van der Waals surface area contributed by atoms with E-state index >= 15 is 0 Å². The number of ketones is 1. The minimum absolute atomic E-state index is 0.0765. The summed E-state index contributed by atoms with van der Waals surface area (Å²) in [5.74, 6) is 0.850. The average molecular weight is 149 g/mol. The van der Waals surface area contributed by atoms with Crippen LogP contribution in [0.3, 0.4) is 0 Å². The number of hydrogen-bond acceptors (Lipinski definition) is 2. The predicted octanol–water partition coefficient (Wildman–Crippen LogP) is 1.90. The molecule has 58 valence electrons. The molecule has 1 aromatic rings. The molecule has 0 amide bonds. The van der Waals surface area contributed by atoms with E-state index in [9.17, 15) is 4.79 Å². The van der Waals surface area contributed by atoms with Crippen LogP contribution in [-0.4, -0.2) is 12.9 Å². The first-order valence-corrected chi connectivity index (χ1v) is 3.39. The van der Waals surface area contributed by atoms with Crippen molar-refractivity contribution >= 4 is 5.78 Å². The maximum absolute atomic E-state index is 10.8. The van der Waals surface area contributed by atoms with E-state index < -0.39 is 0 Å². The van der Waals surface area contributed by atoms with Crippen LogP contribution in [-0.2, 0) is 0 Å². The van der Waals surface area contributed by atoms with Gasteiger partial charge >= 0.3 is 0 Å². The standard InChI is InChI=1S/C9H10O2/c1-7(10)8-3-5-9(11-2)6-4-8/h3-6H,1-2H3/i1-1. The molecule has 2 nitrogen and oxygen atoms in total. The van der Waals surface area contributed by atoms with Crippen LogP contribution < -0.4 is 4.74 Å². The minimum Gasteiger partial charge on any atom is -0.497 e. The van der Waals surface area contributed by atoms with Gasteiger partial charge in [0.1, 0.15) is 5.75 Å². The third kappa shape index (κ3) is 1.80. The molecule has 0 aromatic heterocycles. The van der Waals surface area contributed by atoms with Gasteiger partial charge in [-0.3, -0.25) is 4.79 Å². The summed E-state index contributed by atoms with van der Waals surface area (Å²) in [6.07, 6.45) is 0. The zero-order chi connectivity index (χ0) is 8.27. The first kappa shape index (κ1) is 7.79. The molecule has 11 heavy (non-hydrogen) atoms. The number of carbonyl (C=O) groups is 1. The molecule has 0 saturated heterocycles. The van der Waals surface area contributed by atoms with Gasteiger partial charge in [-0.2, -0.15) is 0 Å². The van der Waals surface area contributed by atoms with Gasteiger partial charge in [-0.1, -0.05) is 0 Å². The zero-order valence-electron chi connectivity index (χ0n) is 6.63. The van der Waals surface area contributed by atoms with Gasteiger partial charge in [0.2, 0.25) is 0 Å². The summed E-state index contributed by atoms with van der Waals surface area (Å²) < 4.78 is 4.94. The Kier molecular flexibility index (Phi) is 2.26. The topological polar surface area (TPSA) is 26.3 Å². The number of methoxy groups -OCH3 is 1. The molecule has 0 fully saturated rings. The molecule has 0 aliphatic rings. The van der Waals surface area contributed by atoms with E-state index in [-0.39, 0.29) is 5.78 Å². The lowest BCUT2D eigenvalue weighted by Gasteiger charge is -1.98. The first-order chi connectivity index (χ1) is 5.24.